The van der Waals surface area contributed by atoms with Crippen LogP contribution in [0.2, 0.25) is 0 Å². The largest absolute Gasteiger partial charge is 0.384 e. The Balaban J connectivity index is 2.31. The number of hydrogen-bond acceptors (Lipinski definition) is 2. The third-order valence-electron chi connectivity index (χ3n) is 3.51. The van der Waals surface area contributed by atoms with Crippen LogP contribution in [0.15, 0.2) is 22.7 Å². The Morgan fingerprint density at radius 1 is 1.47 bits per heavy atom. The summed E-state index contributed by atoms with van der Waals surface area (Å²) in [5.74, 6) is 0.826. The van der Waals surface area contributed by atoms with Crippen LogP contribution >= 0.6 is 15.9 Å². The molecule has 3 N–H and O–H groups in total. The van der Waals surface area contributed by atoms with E-state index < -0.39 is 0 Å². The monoisotopic (exact) mass is 323 g/mol. The van der Waals surface area contributed by atoms with Crippen LogP contribution in [0.4, 0.5) is 5.69 Å². The number of amidine groups is 1. The zero-order valence-corrected chi connectivity index (χ0v) is 13.2. The van der Waals surface area contributed by atoms with E-state index in [1.807, 2.05) is 12.1 Å². The lowest BCUT2D eigenvalue weighted by atomic mass is 10.1. The minimum absolute atomic E-state index is 0.137. The minimum Gasteiger partial charge on any atom is -0.384 e. The first kappa shape index (κ1) is 14.4. The van der Waals surface area contributed by atoms with Gasteiger partial charge in [-0.05, 0) is 53.2 Å². The number of rotatable bonds is 6. The molecule has 0 aromatic heterocycles. The van der Waals surface area contributed by atoms with E-state index in [0.29, 0.717) is 12.0 Å². The van der Waals surface area contributed by atoms with Crippen LogP contribution in [0.3, 0.4) is 0 Å². The number of nitrogens with zero attached hydrogens (tertiary/aromatic N) is 1. The van der Waals surface area contributed by atoms with Crippen molar-refractivity contribution in [3.05, 3.63) is 28.2 Å². The van der Waals surface area contributed by atoms with Gasteiger partial charge in [-0.15, -0.1) is 0 Å². The van der Waals surface area contributed by atoms with E-state index in [-0.39, 0.29) is 5.84 Å². The number of nitrogens with two attached hydrogens (primary N) is 1. The Morgan fingerprint density at radius 2 is 2.16 bits per heavy atom. The van der Waals surface area contributed by atoms with Crippen LogP contribution < -0.4 is 10.6 Å². The number of benzene rings is 1. The highest BCUT2D eigenvalue weighted by Gasteiger charge is 2.31. The maximum atomic E-state index is 7.81. The molecule has 1 aliphatic rings. The second kappa shape index (κ2) is 5.95. The Bertz CT molecular complexity index is 466. The SMILES string of the molecule is CC(C)CCN(c1cccc(Br)c1C(=N)N)C1CC1. The van der Waals surface area contributed by atoms with Gasteiger partial charge in [0.05, 0.1) is 5.56 Å². The molecule has 1 aromatic rings. The van der Waals surface area contributed by atoms with E-state index in [1.54, 1.807) is 0 Å². The van der Waals surface area contributed by atoms with Crippen molar-refractivity contribution in [2.24, 2.45) is 11.7 Å². The highest BCUT2D eigenvalue weighted by Crippen LogP contribution is 2.36. The van der Waals surface area contributed by atoms with Crippen LogP contribution in [0, 0.1) is 11.3 Å². The molecule has 104 valence electrons. The summed E-state index contributed by atoms with van der Waals surface area (Å²) in [6, 6.07) is 6.69. The van der Waals surface area contributed by atoms with E-state index in [1.165, 1.54) is 19.3 Å². The number of nitrogen functional groups attached to an aromatic ring is 1. The Hall–Kier alpha value is -1.03. The third kappa shape index (κ3) is 3.50. The number of halogens is 1. The van der Waals surface area contributed by atoms with Gasteiger partial charge in [0.2, 0.25) is 0 Å². The molecule has 0 spiro atoms. The molecule has 1 aliphatic carbocycles. The van der Waals surface area contributed by atoms with Gasteiger partial charge in [-0.25, -0.2) is 0 Å². The molecule has 1 aromatic carbocycles. The van der Waals surface area contributed by atoms with Gasteiger partial charge in [0.15, 0.2) is 0 Å². The highest BCUT2D eigenvalue weighted by atomic mass is 79.9. The van der Waals surface area contributed by atoms with Crippen LogP contribution in [0.25, 0.3) is 0 Å². The first-order valence-electron chi connectivity index (χ1n) is 6.90. The summed E-state index contributed by atoms with van der Waals surface area (Å²) in [7, 11) is 0. The zero-order chi connectivity index (χ0) is 14.0. The first-order chi connectivity index (χ1) is 9.00. The molecule has 0 amide bonds. The van der Waals surface area contributed by atoms with Crippen molar-refractivity contribution in [2.45, 2.75) is 39.2 Å². The van der Waals surface area contributed by atoms with Gasteiger partial charge in [-0.3, -0.25) is 5.41 Å². The normalized spacial score (nSPS) is 14.7. The van der Waals surface area contributed by atoms with Crippen molar-refractivity contribution in [1.29, 1.82) is 5.41 Å². The molecular formula is C15H22BrN3. The average Bonchev–Trinajstić information content (AvgIpc) is 3.12. The van der Waals surface area contributed by atoms with Crippen molar-refractivity contribution < 1.29 is 0 Å². The fraction of sp³-hybridized carbons (Fsp3) is 0.533. The molecule has 19 heavy (non-hydrogen) atoms. The molecule has 0 aliphatic heterocycles. The second-order valence-electron chi connectivity index (χ2n) is 5.65. The number of anilines is 1. The number of nitrogens with one attached hydrogen (secondary N) is 1. The van der Waals surface area contributed by atoms with Crippen LogP contribution in [-0.4, -0.2) is 18.4 Å². The maximum Gasteiger partial charge on any atom is 0.126 e. The topological polar surface area (TPSA) is 53.1 Å². The molecule has 0 bridgehead atoms. The van der Waals surface area contributed by atoms with Crippen molar-refractivity contribution in [1.82, 2.24) is 0 Å². The van der Waals surface area contributed by atoms with Gasteiger partial charge in [-0.2, -0.15) is 0 Å². The highest BCUT2D eigenvalue weighted by molar-refractivity contribution is 9.10. The van der Waals surface area contributed by atoms with Crippen LogP contribution in [-0.2, 0) is 0 Å². The molecule has 0 heterocycles. The van der Waals surface area contributed by atoms with Gasteiger partial charge in [0.1, 0.15) is 5.84 Å². The molecule has 4 heteroatoms. The predicted octanol–water partition coefficient (Wildman–Crippen LogP) is 3.75. The van der Waals surface area contributed by atoms with Crippen molar-refractivity contribution >= 4 is 27.5 Å². The molecule has 1 fully saturated rings. The lowest BCUT2D eigenvalue weighted by Crippen LogP contribution is -2.30. The van der Waals surface area contributed by atoms with E-state index >= 15 is 0 Å². The van der Waals surface area contributed by atoms with Gasteiger partial charge >= 0.3 is 0 Å². The number of hydrogen-bond donors (Lipinski definition) is 2. The molecule has 1 saturated carbocycles. The molecule has 2 rings (SSSR count). The van der Waals surface area contributed by atoms with Crippen molar-refractivity contribution in [3.8, 4) is 0 Å². The second-order valence-corrected chi connectivity index (χ2v) is 6.51. The lowest BCUT2D eigenvalue weighted by Gasteiger charge is -2.28. The first-order valence-corrected chi connectivity index (χ1v) is 7.69. The molecule has 3 nitrogen and oxygen atoms in total. The summed E-state index contributed by atoms with van der Waals surface area (Å²) in [5, 5.41) is 7.81. The van der Waals surface area contributed by atoms with E-state index in [9.17, 15) is 0 Å². The fourth-order valence-electron chi connectivity index (χ4n) is 2.30. The van der Waals surface area contributed by atoms with E-state index in [0.717, 1.165) is 22.3 Å². The summed E-state index contributed by atoms with van der Waals surface area (Å²) >= 11 is 3.52. The predicted molar refractivity (Wildman–Crippen MR) is 85.0 cm³/mol. The smallest absolute Gasteiger partial charge is 0.126 e. The standard InChI is InChI=1S/C15H22BrN3/c1-10(2)8-9-19(11-6-7-11)13-5-3-4-12(16)14(13)15(17)18/h3-5,10-11H,6-9H2,1-2H3,(H3,17,18). The van der Waals surface area contributed by atoms with Crippen LogP contribution in [0.1, 0.15) is 38.7 Å². The van der Waals surface area contributed by atoms with Crippen LogP contribution in [0.5, 0.6) is 0 Å². The minimum atomic E-state index is 0.137. The van der Waals surface area contributed by atoms with E-state index in [4.69, 9.17) is 11.1 Å². The van der Waals surface area contributed by atoms with Gasteiger partial charge in [-0.1, -0.05) is 19.9 Å². The molecule has 0 saturated heterocycles. The molecule has 0 radical (unpaired) electrons. The molecule has 0 unspecified atom stereocenters. The molecular weight excluding hydrogens is 302 g/mol. The summed E-state index contributed by atoms with van der Waals surface area (Å²) in [5.41, 5.74) is 7.69. The quantitative estimate of drug-likeness (QED) is 0.618. The summed E-state index contributed by atoms with van der Waals surface area (Å²) in [6.45, 7) is 5.54. The Labute approximate surface area is 123 Å². The zero-order valence-electron chi connectivity index (χ0n) is 11.6. The maximum absolute atomic E-state index is 7.81. The fourth-order valence-corrected chi connectivity index (χ4v) is 2.87. The summed E-state index contributed by atoms with van der Waals surface area (Å²) < 4.78 is 0.910. The average molecular weight is 324 g/mol. The molecule has 0 atom stereocenters. The summed E-state index contributed by atoms with van der Waals surface area (Å²) in [6.07, 6.45) is 3.67. The third-order valence-corrected chi connectivity index (χ3v) is 4.17. The van der Waals surface area contributed by atoms with Gasteiger partial charge in [0, 0.05) is 22.7 Å². The summed E-state index contributed by atoms with van der Waals surface area (Å²) in [4.78, 5) is 2.43. The van der Waals surface area contributed by atoms with Crippen molar-refractivity contribution in [2.75, 3.05) is 11.4 Å². The van der Waals surface area contributed by atoms with E-state index in [2.05, 4.69) is 40.7 Å². The Morgan fingerprint density at radius 3 is 2.68 bits per heavy atom. The van der Waals surface area contributed by atoms with Crippen molar-refractivity contribution in [3.63, 3.8) is 0 Å². The van der Waals surface area contributed by atoms with Gasteiger partial charge in [0.25, 0.3) is 0 Å². The van der Waals surface area contributed by atoms with Gasteiger partial charge < -0.3 is 10.6 Å². The lowest BCUT2D eigenvalue weighted by molar-refractivity contribution is 0.570. The Kier molecular flexibility index (Phi) is 4.50.